The number of rotatable bonds is 9. The summed E-state index contributed by atoms with van der Waals surface area (Å²) in [5.41, 5.74) is 3.91. The van der Waals surface area contributed by atoms with Crippen molar-refractivity contribution in [1.82, 2.24) is 4.98 Å². The van der Waals surface area contributed by atoms with Crippen LogP contribution in [0.1, 0.15) is 59.6 Å². The minimum atomic E-state index is -0.218. The molecule has 0 saturated carbocycles. The van der Waals surface area contributed by atoms with Gasteiger partial charge in [0.2, 0.25) is 0 Å². The van der Waals surface area contributed by atoms with E-state index in [1.807, 2.05) is 32.0 Å². The van der Waals surface area contributed by atoms with Crippen molar-refractivity contribution >= 4 is 57.6 Å². The van der Waals surface area contributed by atoms with Crippen molar-refractivity contribution in [1.29, 1.82) is 5.26 Å². The Balaban J connectivity index is 0.000000462. The van der Waals surface area contributed by atoms with E-state index in [2.05, 4.69) is 49.9 Å². The maximum Gasteiger partial charge on any atom is 0.190 e. The molecule has 1 atom stereocenters. The number of hydrogen-bond acceptors (Lipinski definition) is 7. The van der Waals surface area contributed by atoms with Gasteiger partial charge in [-0.2, -0.15) is 5.26 Å². The summed E-state index contributed by atoms with van der Waals surface area (Å²) < 4.78 is 7.64. The molecule has 2 aliphatic rings. The Kier molecular flexibility index (Phi) is 12.1. The molecule has 3 rings (SSSR count). The van der Waals surface area contributed by atoms with Crippen LogP contribution in [0.3, 0.4) is 0 Å². The first-order valence-electron chi connectivity index (χ1n) is 11.6. The number of thioether (sulfide) groups is 1. The molecule has 1 aromatic carbocycles. The van der Waals surface area contributed by atoms with E-state index >= 15 is 0 Å². The van der Waals surface area contributed by atoms with E-state index in [0.717, 1.165) is 30.7 Å². The van der Waals surface area contributed by atoms with Crippen molar-refractivity contribution in [3.05, 3.63) is 58.8 Å². The van der Waals surface area contributed by atoms with Gasteiger partial charge in [0.25, 0.3) is 0 Å². The second-order valence-electron chi connectivity index (χ2n) is 8.74. The Morgan fingerprint density at radius 2 is 1.86 bits per heavy atom. The van der Waals surface area contributed by atoms with Crippen molar-refractivity contribution in [2.24, 2.45) is 5.41 Å². The van der Waals surface area contributed by atoms with Gasteiger partial charge in [0, 0.05) is 52.0 Å². The number of nitrogens with zero attached hydrogens (tertiary/aromatic N) is 3. The molecule has 1 aliphatic carbocycles. The van der Waals surface area contributed by atoms with E-state index in [-0.39, 0.29) is 18.3 Å². The third kappa shape index (κ3) is 7.52. The zero-order chi connectivity index (χ0) is 26.2. The Morgan fingerprint density at radius 1 is 1.22 bits per heavy atom. The van der Waals surface area contributed by atoms with Crippen LogP contribution in [0, 0.1) is 16.7 Å². The summed E-state index contributed by atoms with van der Waals surface area (Å²) in [6, 6.07) is 9.68. The maximum absolute atomic E-state index is 12.2. The van der Waals surface area contributed by atoms with Gasteiger partial charge in [0.1, 0.15) is 11.2 Å². The summed E-state index contributed by atoms with van der Waals surface area (Å²) in [5, 5.41) is 9.16. The molecule has 1 heterocycles. The fraction of sp³-hybridized carbons (Fsp3) is 0.379. The highest BCUT2D eigenvalue weighted by atomic mass is 32.2. The molecule has 0 fully saturated rings. The van der Waals surface area contributed by atoms with Gasteiger partial charge >= 0.3 is 0 Å². The van der Waals surface area contributed by atoms with E-state index in [1.54, 1.807) is 22.5 Å². The highest BCUT2D eigenvalue weighted by Crippen LogP contribution is 2.31. The smallest absolute Gasteiger partial charge is 0.190 e. The minimum Gasteiger partial charge on any atom is -0.453 e. The molecule has 0 saturated heterocycles. The van der Waals surface area contributed by atoms with E-state index in [9.17, 15) is 4.79 Å². The molecule has 0 spiro atoms. The van der Waals surface area contributed by atoms with Gasteiger partial charge in [0.15, 0.2) is 16.8 Å². The monoisotopic (exact) mass is 523 g/mol. The third-order valence-corrected chi connectivity index (χ3v) is 6.70. The zero-order valence-corrected chi connectivity index (χ0v) is 22.8. The average molecular weight is 524 g/mol. The van der Waals surface area contributed by atoms with Gasteiger partial charge in [0.05, 0.1) is 11.5 Å². The second kappa shape index (κ2) is 14.0. The molecular formula is C29H37N3O2S2. The number of thiocarbonyl (C=S) groups is 1. The SMILES string of the molecule is C.C=Cc1c2nc3ccc(N(CC)CC)cc3oc-2cc(=O)c1C=C.CC(CC(C)(C)C#N)SC=S. The van der Waals surface area contributed by atoms with E-state index in [4.69, 9.17) is 21.9 Å². The van der Waals surface area contributed by atoms with Crippen LogP contribution in [-0.2, 0) is 0 Å². The lowest BCUT2D eigenvalue weighted by Gasteiger charge is -2.21. The molecule has 1 aromatic rings. The van der Waals surface area contributed by atoms with Crippen LogP contribution in [0.2, 0.25) is 0 Å². The lowest BCUT2D eigenvalue weighted by atomic mass is 9.90. The van der Waals surface area contributed by atoms with Gasteiger partial charge in [-0.25, -0.2) is 4.98 Å². The Morgan fingerprint density at radius 3 is 2.39 bits per heavy atom. The summed E-state index contributed by atoms with van der Waals surface area (Å²) in [6.45, 7) is 19.5. The summed E-state index contributed by atoms with van der Waals surface area (Å²) in [4.78, 5) is 19.1. The molecule has 1 unspecified atom stereocenters. The number of hydrogen-bond donors (Lipinski definition) is 0. The van der Waals surface area contributed by atoms with Crippen molar-refractivity contribution in [2.45, 2.75) is 53.7 Å². The molecule has 36 heavy (non-hydrogen) atoms. The first kappa shape index (κ1) is 31.1. The normalized spacial score (nSPS) is 11.4. The van der Waals surface area contributed by atoms with E-state index in [0.29, 0.717) is 33.4 Å². The number of nitriles is 1. The molecular weight excluding hydrogens is 486 g/mol. The maximum atomic E-state index is 12.2. The molecule has 5 nitrogen and oxygen atoms in total. The highest BCUT2D eigenvalue weighted by Gasteiger charge is 2.20. The van der Waals surface area contributed by atoms with Crippen molar-refractivity contribution in [2.75, 3.05) is 18.0 Å². The van der Waals surface area contributed by atoms with Gasteiger partial charge in [-0.05, 0) is 46.2 Å². The third-order valence-electron chi connectivity index (χ3n) is 5.63. The van der Waals surface area contributed by atoms with E-state index in [1.165, 1.54) is 12.1 Å². The van der Waals surface area contributed by atoms with Crippen LogP contribution >= 0.6 is 24.0 Å². The molecule has 0 N–H and O–H groups in total. The standard InChI is InChI=1S/C20H20N2O2.C8H13NS2.CH4/c1-5-14-15(6-2)20-19(12-17(14)23)24-18-11-13(22(7-3)8-4)9-10-16(18)21-20;1-7(11-6-10)4-8(2,3)5-9;/h5-6,9-12H,1-2,7-8H2,3-4H3;6-7H,4H2,1-3H3;1H4. The minimum absolute atomic E-state index is 0. The Bertz CT molecular complexity index is 1270. The predicted molar refractivity (Wildman–Crippen MR) is 162 cm³/mol. The van der Waals surface area contributed by atoms with Gasteiger partial charge in [-0.3, -0.25) is 4.79 Å². The van der Waals surface area contributed by atoms with Crippen LogP contribution in [0.25, 0.3) is 34.7 Å². The van der Waals surface area contributed by atoms with Crippen LogP contribution in [0.15, 0.2) is 46.6 Å². The highest BCUT2D eigenvalue weighted by molar-refractivity contribution is 8.21. The molecule has 0 amide bonds. The molecule has 1 aliphatic heterocycles. The van der Waals surface area contributed by atoms with Crippen molar-refractivity contribution in [3.63, 3.8) is 0 Å². The van der Waals surface area contributed by atoms with Crippen LogP contribution in [-0.4, -0.2) is 28.0 Å². The molecule has 0 bridgehead atoms. The topological polar surface area (TPSA) is 70.1 Å². The summed E-state index contributed by atoms with van der Waals surface area (Å²) in [5.74, 6) is 0.463. The van der Waals surface area contributed by atoms with Gasteiger partial charge < -0.3 is 9.32 Å². The predicted octanol–water partition coefficient (Wildman–Crippen LogP) is 8.07. The molecule has 0 aromatic heterocycles. The second-order valence-corrected chi connectivity index (χ2v) is 10.6. The molecule has 192 valence electrons. The van der Waals surface area contributed by atoms with Gasteiger partial charge in [-0.15, -0.1) is 11.8 Å². The van der Waals surface area contributed by atoms with Crippen molar-refractivity contribution in [3.8, 4) is 17.5 Å². The first-order valence-corrected chi connectivity index (χ1v) is 13.0. The van der Waals surface area contributed by atoms with Crippen molar-refractivity contribution < 1.29 is 4.42 Å². The van der Waals surface area contributed by atoms with Gasteiger partial charge in [-0.1, -0.05) is 51.9 Å². The van der Waals surface area contributed by atoms with Crippen LogP contribution in [0.4, 0.5) is 5.69 Å². The number of aromatic nitrogens is 1. The average Bonchev–Trinajstić information content (AvgIpc) is 2.83. The quantitative estimate of drug-likeness (QED) is 0.207. The number of anilines is 1. The summed E-state index contributed by atoms with van der Waals surface area (Å²) in [7, 11) is 0. The Hall–Kier alpha value is -2.95. The lowest BCUT2D eigenvalue weighted by molar-refractivity contribution is 0.453. The summed E-state index contributed by atoms with van der Waals surface area (Å²) >= 11 is 6.32. The first-order chi connectivity index (χ1) is 16.6. The molecule has 7 heteroatoms. The van der Waals surface area contributed by atoms with Crippen LogP contribution in [0.5, 0.6) is 0 Å². The van der Waals surface area contributed by atoms with E-state index < -0.39 is 0 Å². The zero-order valence-electron chi connectivity index (χ0n) is 21.1. The fourth-order valence-electron chi connectivity index (χ4n) is 3.88. The number of fused-ring (bicyclic) bond motifs is 2. The largest absolute Gasteiger partial charge is 0.453 e. The molecule has 0 radical (unpaired) electrons. The van der Waals surface area contributed by atoms with Crippen LogP contribution < -0.4 is 10.3 Å². The fourth-order valence-corrected chi connectivity index (χ4v) is 5.15. The lowest BCUT2D eigenvalue weighted by Crippen LogP contribution is -2.21. The Labute approximate surface area is 225 Å². The number of benzene rings is 2. The summed E-state index contributed by atoms with van der Waals surface area (Å²) in [6.07, 6.45) is 4.05.